The van der Waals surface area contributed by atoms with E-state index in [0.29, 0.717) is 27.3 Å². The molecule has 2 rings (SSSR count). The average Bonchev–Trinajstić information content (AvgIpc) is 2.77. The summed E-state index contributed by atoms with van der Waals surface area (Å²) in [5, 5.41) is 2.36. The highest BCUT2D eigenvalue weighted by molar-refractivity contribution is 9.10. The number of rotatable bonds is 4. The Hall–Kier alpha value is -1.27. The van der Waals surface area contributed by atoms with Crippen molar-refractivity contribution in [1.82, 2.24) is 4.98 Å². The van der Waals surface area contributed by atoms with Crippen molar-refractivity contribution >= 4 is 33.2 Å². The Morgan fingerprint density at radius 2 is 2.32 bits per heavy atom. The second-order valence-corrected chi connectivity index (χ2v) is 5.59. The average molecular weight is 344 g/mol. The molecule has 6 heteroatoms. The Morgan fingerprint density at radius 3 is 3.00 bits per heavy atom. The van der Waals surface area contributed by atoms with Crippen molar-refractivity contribution in [3.63, 3.8) is 0 Å². The van der Waals surface area contributed by atoms with E-state index in [4.69, 9.17) is 4.74 Å². The smallest absolute Gasteiger partial charge is 0.312 e. The van der Waals surface area contributed by atoms with Crippen LogP contribution in [0.15, 0.2) is 28.1 Å². The van der Waals surface area contributed by atoms with Gasteiger partial charge in [0.2, 0.25) is 0 Å². The van der Waals surface area contributed by atoms with E-state index < -0.39 is 0 Å². The third-order valence-corrected chi connectivity index (χ3v) is 3.70. The summed E-state index contributed by atoms with van der Waals surface area (Å²) in [5.41, 5.74) is 0.962. The van der Waals surface area contributed by atoms with Crippen molar-refractivity contribution in [2.45, 2.75) is 13.3 Å². The van der Waals surface area contributed by atoms with E-state index in [1.807, 2.05) is 0 Å². The van der Waals surface area contributed by atoms with Gasteiger partial charge >= 0.3 is 5.97 Å². The molecule has 0 aliphatic heterocycles. The Morgan fingerprint density at radius 1 is 1.53 bits per heavy atom. The van der Waals surface area contributed by atoms with Crippen LogP contribution in [0.2, 0.25) is 0 Å². The summed E-state index contributed by atoms with van der Waals surface area (Å²) < 4.78 is 19.3. The molecule has 0 atom stereocenters. The van der Waals surface area contributed by atoms with Crippen LogP contribution in [0.3, 0.4) is 0 Å². The van der Waals surface area contributed by atoms with E-state index in [-0.39, 0.29) is 18.2 Å². The van der Waals surface area contributed by atoms with Crippen LogP contribution >= 0.6 is 27.3 Å². The molecule has 0 aliphatic carbocycles. The highest BCUT2D eigenvalue weighted by Gasteiger charge is 2.12. The molecule has 0 N–H and O–H groups in total. The summed E-state index contributed by atoms with van der Waals surface area (Å²) in [7, 11) is 0. The molecule has 100 valence electrons. The molecule has 0 saturated carbocycles. The maximum absolute atomic E-state index is 13.8. The summed E-state index contributed by atoms with van der Waals surface area (Å²) in [6.07, 6.45) is 0.122. The van der Waals surface area contributed by atoms with E-state index in [2.05, 4.69) is 20.9 Å². The molecule has 0 radical (unpaired) electrons. The molecular weight excluding hydrogens is 333 g/mol. The minimum atomic E-state index is -0.345. The Labute approximate surface area is 122 Å². The van der Waals surface area contributed by atoms with E-state index in [1.165, 1.54) is 17.4 Å². The quantitative estimate of drug-likeness (QED) is 0.792. The van der Waals surface area contributed by atoms with Crippen molar-refractivity contribution in [2.75, 3.05) is 6.61 Å². The number of hydrogen-bond acceptors (Lipinski definition) is 4. The van der Waals surface area contributed by atoms with Crippen molar-refractivity contribution in [3.05, 3.63) is 38.9 Å². The van der Waals surface area contributed by atoms with Gasteiger partial charge in [0.1, 0.15) is 10.8 Å². The largest absolute Gasteiger partial charge is 0.466 e. The van der Waals surface area contributed by atoms with Crippen LogP contribution < -0.4 is 0 Å². The third kappa shape index (κ3) is 3.61. The second kappa shape index (κ2) is 6.25. The van der Waals surface area contributed by atoms with Gasteiger partial charge < -0.3 is 4.74 Å². The van der Waals surface area contributed by atoms with Crippen molar-refractivity contribution in [1.29, 1.82) is 0 Å². The molecule has 0 bridgehead atoms. The lowest BCUT2D eigenvalue weighted by molar-refractivity contribution is -0.142. The number of aromatic nitrogens is 1. The maximum atomic E-state index is 13.8. The van der Waals surface area contributed by atoms with Gasteiger partial charge in [-0.15, -0.1) is 11.3 Å². The molecule has 0 aliphatic rings. The molecular formula is C13H11BrFNO2S. The van der Waals surface area contributed by atoms with Crippen LogP contribution in [0.1, 0.15) is 11.9 Å². The third-order valence-electron chi connectivity index (χ3n) is 2.36. The summed E-state index contributed by atoms with van der Waals surface area (Å²) in [6.45, 7) is 2.10. The summed E-state index contributed by atoms with van der Waals surface area (Å²) in [5.74, 6) is -0.665. The molecule has 1 heterocycles. The molecule has 1 aromatic carbocycles. The number of nitrogens with zero attached hydrogens (tertiary/aromatic N) is 1. The van der Waals surface area contributed by atoms with Crippen LogP contribution in [0.5, 0.6) is 0 Å². The normalized spacial score (nSPS) is 10.5. The summed E-state index contributed by atoms with van der Waals surface area (Å²) in [6, 6.07) is 4.80. The van der Waals surface area contributed by atoms with Crippen LogP contribution in [0.4, 0.5) is 4.39 Å². The van der Waals surface area contributed by atoms with E-state index >= 15 is 0 Å². The van der Waals surface area contributed by atoms with Crippen LogP contribution in [-0.4, -0.2) is 17.6 Å². The lowest BCUT2D eigenvalue weighted by atomic mass is 10.1. The second-order valence-electron chi connectivity index (χ2n) is 3.73. The molecule has 19 heavy (non-hydrogen) atoms. The number of esters is 1. The van der Waals surface area contributed by atoms with Gasteiger partial charge in [0, 0.05) is 15.4 Å². The Balaban J connectivity index is 2.18. The first-order chi connectivity index (χ1) is 9.10. The van der Waals surface area contributed by atoms with Crippen molar-refractivity contribution in [2.24, 2.45) is 0 Å². The number of benzene rings is 1. The molecule has 0 unspecified atom stereocenters. The number of halogens is 2. The first-order valence-electron chi connectivity index (χ1n) is 5.65. The van der Waals surface area contributed by atoms with Gasteiger partial charge in [0.25, 0.3) is 0 Å². The van der Waals surface area contributed by atoms with Crippen molar-refractivity contribution < 1.29 is 13.9 Å². The van der Waals surface area contributed by atoms with E-state index in [0.717, 1.165) is 0 Å². The predicted molar refractivity (Wildman–Crippen MR) is 75.5 cm³/mol. The minimum absolute atomic E-state index is 0.122. The van der Waals surface area contributed by atoms with E-state index in [9.17, 15) is 9.18 Å². The molecule has 2 aromatic rings. The number of ether oxygens (including phenoxy) is 1. The zero-order valence-electron chi connectivity index (χ0n) is 10.2. The van der Waals surface area contributed by atoms with Crippen LogP contribution in [0, 0.1) is 5.82 Å². The van der Waals surface area contributed by atoms with Crippen LogP contribution in [0.25, 0.3) is 11.3 Å². The SMILES string of the molecule is CCOC(=O)Cc1nc(-c2ccc(Br)cc2F)cs1. The molecule has 0 amide bonds. The van der Waals surface area contributed by atoms with Gasteiger partial charge in [0.15, 0.2) is 0 Å². The fourth-order valence-corrected chi connectivity index (χ4v) is 2.66. The fraction of sp³-hybridized carbons (Fsp3) is 0.231. The predicted octanol–water partition coefficient (Wildman–Crippen LogP) is 3.82. The van der Waals surface area contributed by atoms with Gasteiger partial charge in [0.05, 0.1) is 18.7 Å². The first-order valence-corrected chi connectivity index (χ1v) is 7.33. The number of carbonyl (C=O) groups is 1. The fourth-order valence-electron chi connectivity index (χ4n) is 1.55. The van der Waals surface area contributed by atoms with Crippen LogP contribution in [-0.2, 0) is 16.0 Å². The van der Waals surface area contributed by atoms with Gasteiger partial charge in [-0.3, -0.25) is 4.79 Å². The van der Waals surface area contributed by atoms with Crippen molar-refractivity contribution in [3.8, 4) is 11.3 Å². The van der Waals surface area contributed by atoms with Gasteiger partial charge in [-0.25, -0.2) is 9.37 Å². The summed E-state index contributed by atoms with van der Waals surface area (Å²) in [4.78, 5) is 15.6. The highest BCUT2D eigenvalue weighted by Crippen LogP contribution is 2.27. The molecule has 1 aromatic heterocycles. The molecule has 0 fully saturated rings. The number of hydrogen-bond donors (Lipinski definition) is 0. The lowest BCUT2D eigenvalue weighted by Crippen LogP contribution is -2.07. The van der Waals surface area contributed by atoms with Gasteiger partial charge in [-0.05, 0) is 25.1 Å². The van der Waals surface area contributed by atoms with Gasteiger partial charge in [-0.1, -0.05) is 15.9 Å². The zero-order valence-corrected chi connectivity index (χ0v) is 12.6. The highest BCUT2D eigenvalue weighted by atomic mass is 79.9. The minimum Gasteiger partial charge on any atom is -0.466 e. The Kier molecular flexibility index (Phi) is 4.66. The number of carbonyl (C=O) groups excluding carboxylic acids is 1. The molecule has 0 spiro atoms. The Bertz CT molecular complexity index is 600. The lowest BCUT2D eigenvalue weighted by Gasteiger charge is -2.00. The molecule has 0 saturated heterocycles. The van der Waals surface area contributed by atoms with Gasteiger partial charge in [-0.2, -0.15) is 0 Å². The topological polar surface area (TPSA) is 39.2 Å². The molecule has 3 nitrogen and oxygen atoms in total. The first kappa shape index (κ1) is 14.1. The number of thiazole rings is 1. The standard InChI is InChI=1S/C13H11BrFNO2S/c1-2-18-13(17)6-12-16-11(7-19-12)9-4-3-8(14)5-10(9)15/h3-5,7H,2,6H2,1H3. The van der Waals surface area contributed by atoms with E-state index in [1.54, 1.807) is 24.4 Å². The monoisotopic (exact) mass is 343 g/mol. The summed E-state index contributed by atoms with van der Waals surface area (Å²) >= 11 is 4.53. The maximum Gasteiger partial charge on any atom is 0.312 e. The zero-order chi connectivity index (χ0) is 13.8.